The molecule has 2 aliphatic rings. The third-order valence-corrected chi connectivity index (χ3v) is 7.56. The predicted octanol–water partition coefficient (Wildman–Crippen LogP) is 0.340. The predicted molar refractivity (Wildman–Crippen MR) is 99.5 cm³/mol. The smallest absolute Gasteiger partial charge is 0.241 e. The average molecular weight is 396 g/mol. The van der Waals surface area contributed by atoms with Gasteiger partial charge in [0.25, 0.3) is 0 Å². The molecular formula is C16H30ClN3O4S. The van der Waals surface area contributed by atoms with Crippen LogP contribution in [-0.4, -0.2) is 69.9 Å². The van der Waals surface area contributed by atoms with E-state index >= 15 is 0 Å². The number of carbonyl (C=O) groups excluding carboxylic acids is 2. The third-order valence-electron chi connectivity index (χ3n) is 5.54. The van der Waals surface area contributed by atoms with Crippen molar-refractivity contribution in [1.29, 1.82) is 0 Å². The number of nitrogens with zero attached hydrogens (tertiary/aromatic N) is 1. The zero-order valence-electron chi connectivity index (χ0n) is 15.3. The van der Waals surface area contributed by atoms with E-state index in [0.717, 1.165) is 31.9 Å². The zero-order valence-corrected chi connectivity index (χ0v) is 16.9. The van der Waals surface area contributed by atoms with Crippen LogP contribution in [0.15, 0.2) is 0 Å². The maximum Gasteiger partial charge on any atom is 0.241 e. The summed E-state index contributed by atoms with van der Waals surface area (Å²) in [6, 6.07) is 0. The van der Waals surface area contributed by atoms with Gasteiger partial charge in [-0.2, -0.15) is 0 Å². The van der Waals surface area contributed by atoms with Gasteiger partial charge in [0.15, 0.2) is 14.6 Å². The van der Waals surface area contributed by atoms with E-state index in [2.05, 4.69) is 10.6 Å². The highest BCUT2D eigenvalue weighted by atomic mass is 35.5. The molecule has 1 heterocycles. The van der Waals surface area contributed by atoms with E-state index in [1.165, 1.54) is 0 Å². The topological polar surface area (TPSA) is 95.6 Å². The Morgan fingerprint density at radius 1 is 1.08 bits per heavy atom. The van der Waals surface area contributed by atoms with Crippen LogP contribution in [0.4, 0.5) is 0 Å². The first-order valence-corrected chi connectivity index (χ1v) is 10.4. The molecule has 25 heavy (non-hydrogen) atoms. The fourth-order valence-corrected chi connectivity index (χ4v) is 5.35. The molecule has 1 aliphatic heterocycles. The Morgan fingerprint density at radius 2 is 1.60 bits per heavy atom. The molecule has 2 fully saturated rings. The molecule has 9 heteroatoms. The third kappa shape index (κ3) is 4.28. The van der Waals surface area contributed by atoms with Gasteiger partial charge < -0.3 is 15.5 Å². The summed E-state index contributed by atoms with van der Waals surface area (Å²) in [6.45, 7) is 1.22. The summed E-state index contributed by atoms with van der Waals surface area (Å²) in [5.41, 5.74) is -0.592. The van der Waals surface area contributed by atoms with Gasteiger partial charge >= 0.3 is 0 Å². The molecule has 7 nitrogen and oxygen atoms in total. The Morgan fingerprint density at radius 3 is 2.04 bits per heavy atom. The molecule has 0 aromatic carbocycles. The highest BCUT2D eigenvalue weighted by molar-refractivity contribution is 7.92. The second-order valence-corrected chi connectivity index (χ2v) is 9.71. The Bertz CT molecular complexity index is 595. The Labute approximate surface area is 156 Å². The number of sulfone groups is 1. The number of halogens is 1. The number of hydrogen-bond donors (Lipinski definition) is 2. The van der Waals surface area contributed by atoms with Gasteiger partial charge in [0.1, 0.15) is 0 Å². The number of hydrogen-bond acceptors (Lipinski definition) is 5. The summed E-state index contributed by atoms with van der Waals surface area (Å²) in [7, 11) is -0.102. The lowest BCUT2D eigenvalue weighted by Gasteiger charge is -2.36. The lowest BCUT2D eigenvalue weighted by atomic mass is 9.84. The average Bonchev–Trinajstić information content (AvgIpc) is 3.01. The normalized spacial score (nSPS) is 21.9. The number of piperidine rings is 1. The van der Waals surface area contributed by atoms with E-state index in [9.17, 15) is 18.0 Å². The molecule has 1 saturated heterocycles. The number of rotatable bonds is 5. The summed E-state index contributed by atoms with van der Waals surface area (Å²) < 4.78 is 23.2. The van der Waals surface area contributed by atoms with Crippen molar-refractivity contribution in [3.63, 3.8) is 0 Å². The van der Waals surface area contributed by atoms with Crippen molar-refractivity contribution in [3.05, 3.63) is 0 Å². The minimum Gasteiger partial charge on any atom is -0.354 e. The van der Waals surface area contributed by atoms with E-state index in [-0.39, 0.29) is 37.7 Å². The number of carbonyl (C=O) groups is 2. The number of nitrogens with one attached hydrogen (secondary N) is 2. The maximum atomic E-state index is 12.8. The van der Waals surface area contributed by atoms with Gasteiger partial charge in [-0.15, -0.1) is 12.4 Å². The Kier molecular flexibility index (Phi) is 7.30. The van der Waals surface area contributed by atoms with Gasteiger partial charge in [0, 0.05) is 26.9 Å². The standard InChI is InChI=1S/C16H29N3O4S.ClH/c1-19(2)14(21)15(6-4-5-7-15)12-18-13(20)16(24(3,22)23)8-10-17-11-9-16;/h17H,4-12H2,1-3H3,(H,18,20);1H. The lowest BCUT2D eigenvalue weighted by molar-refractivity contribution is -0.139. The molecule has 0 atom stereocenters. The van der Waals surface area contributed by atoms with Crippen LogP contribution in [0.1, 0.15) is 38.5 Å². The molecule has 0 bridgehead atoms. The van der Waals surface area contributed by atoms with Gasteiger partial charge in [0.05, 0.1) is 5.41 Å². The van der Waals surface area contributed by atoms with E-state index < -0.39 is 25.9 Å². The van der Waals surface area contributed by atoms with Gasteiger partial charge in [-0.3, -0.25) is 9.59 Å². The molecule has 0 radical (unpaired) electrons. The Balaban J connectivity index is 0.00000312. The fraction of sp³-hybridized carbons (Fsp3) is 0.875. The molecule has 1 saturated carbocycles. The highest BCUT2D eigenvalue weighted by Crippen LogP contribution is 2.39. The summed E-state index contributed by atoms with van der Waals surface area (Å²) in [5, 5.41) is 5.92. The molecule has 2 N–H and O–H groups in total. The van der Waals surface area contributed by atoms with Crippen LogP contribution in [0.2, 0.25) is 0 Å². The monoisotopic (exact) mass is 395 g/mol. The molecule has 2 amide bonds. The maximum absolute atomic E-state index is 12.8. The zero-order chi connectivity index (χ0) is 18.0. The molecular weight excluding hydrogens is 366 g/mol. The van der Waals surface area contributed by atoms with Crippen LogP contribution in [0, 0.1) is 5.41 Å². The molecule has 0 spiro atoms. The summed E-state index contributed by atoms with van der Waals surface area (Å²) in [5.74, 6) is -0.441. The van der Waals surface area contributed by atoms with Crippen molar-refractivity contribution in [2.24, 2.45) is 5.41 Å². The second-order valence-electron chi connectivity index (χ2n) is 7.39. The molecule has 2 rings (SSSR count). The van der Waals surface area contributed by atoms with Crippen LogP contribution < -0.4 is 10.6 Å². The first-order chi connectivity index (χ1) is 11.1. The largest absolute Gasteiger partial charge is 0.354 e. The summed E-state index contributed by atoms with van der Waals surface area (Å²) >= 11 is 0. The quantitative estimate of drug-likeness (QED) is 0.699. The van der Waals surface area contributed by atoms with Crippen molar-refractivity contribution >= 4 is 34.1 Å². The van der Waals surface area contributed by atoms with Crippen LogP contribution in [0.5, 0.6) is 0 Å². The Hall–Kier alpha value is -0.860. The lowest BCUT2D eigenvalue weighted by Crippen LogP contribution is -2.59. The SMILES string of the molecule is CN(C)C(=O)C1(CNC(=O)C2(S(C)(=O)=O)CCNCC2)CCCC1.Cl. The van der Waals surface area contributed by atoms with Gasteiger partial charge in [0.2, 0.25) is 11.8 Å². The molecule has 0 aromatic rings. The van der Waals surface area contributed by atoms with E-state index in [4.69, 9.17) is 0 Å². The fourth-order valence-electron chi connectivity index (χ4n) is 4.00. The number of amides is 2. The van der Waals surface area contributed by atoms with Crippen LogP contribution >= 0.6 is 12.4 Å². The minimum atomic E-state index is -3.54. The second kappa shape index (κ2) is 8.22. The summed E-state index contributed by atoms with van der Waals surface area (Å²) in [6.07, 6.45) is 5.05. The van der Waals surface area contributed by atoms with Crippen LogP contribution in [0.3, 0.4) is 0 Å². The van der Waals surface area contributed by atoms with Crippen molar-refractivity contribution < 1.29 is 18.0 Å². The van der Waals surface area contributed by atoms with Crippen LogP contribution in [0.25, 0.3) is 0 Å². The first-order valence-electron chi connectivity index (χ1n) is 8.55. The van der Waals surface area contributed by atoms with Crippen LogP contribution in [-0.2, 0) is 19.4 Å². The van der Waals surface area contributed by atoms with E-state index in [1.54, 1.807) is 19.0 Å². The molecule has 146 valence electrons. The van der Waals surface area contributed by atoms with Gasteiger partial charge in [-0.25, -0.2) is 8.42 Å². The van der Waals surface area contributed by atoms with Crippen molar-refractivity contribution in [3.8, 4) is 0 Å². The molecule has 1 aliphatic carbocycles. The first kappa shape index (κ1) is 22.2. The van der Waals surface area contributed by atoms with E-state index in [0.29, 0.717) is 13.1 Å². The van der Waals surface area contributed by atoms with Gasteiger partial charge in [-0.1, -0.05) is 12.8 Å². The van der Waals surface area contributed by atoms with Crippen molar-refractivity contribution in [2.45, 2.75) is 43.3 Å². The van der Waals surface area contributed by atoms with Crippen molar-refractivity contribution in [2.75, 3.05) is 40.0 Å². The summed E-state index contributed by atoms with van der Waals surface area (Å²) in [4.78, 5) is 27.0. The highest BCUT2D eigenvalue weighted by Gasteiger charge is 2.50. The molecule has 0 unspecified atom stereocenters. The molecule has 0 aromatic heterocycles. The van der Waals surface area contributed by atoms with Gasteiger partial charge in [-0.05, 0) is 38.8 Å². The van der Waals surface area contributed by atoms with Crippen molar-refractivity contribution in [1.82, 2.24) is 15.5 Å². The minimum absolute atomic E-state index is 0. The van der Waals surface area contributed by atoms with E-state index in [1.807, 2.05) is 0 Å².